The van der Waals surface area contributed by atoms with E-state index in [1.54, 1.807) is 11.4 Å². The Balaban J connectivity index is 2.50. The second-order valence-electron chi connectivity index (χ2n) is 4.37. The van der Waals surface area contributed by atoms with Crippen LogP contribution < -0.4 is 11.1 Å². The minimum Gasteiger partial charge on any atom is -0.267 e. The first-order chi connectivity index (χ1) is 8.61. The summed E-state index contributed by atoms with van der Waals surface area (Å²) in [7, 11) is 0. The van der Waals surface area contributed by atoms with E-state index in [4.69, 9.17) is 0 Å². The van der Waals surface area contributed by atoms with Crippen molar-refractivity contribution in [1.29, 1.82) is 0 Å². The van der Waals surface area contributed by atoms with Crippen LogP contribution in [0, 0.1) is 13.8 Å². The van der Waals surface area contributed by atoms with Gasteiger partial charge in [0.2, 0.25) is 0 Å². The maximum Gasteiger partial charge on any atom is 0.277 e. The van der Waals surface area contributed by atoms with E-state index in [-0.39, 0.29) is 11.1 Å². The van der Waals surface area contributed by atoms with Crippen LogP contribution in [-0.4, -0.2) is 9.03 Å². The second-order valence-corrected chi connectivity index (χ2v) is 4.37. The molecule has 0 spiro atoms. The molecule has 0 aliphatic heterocycles. The fourth-order valence-electron chi connectivity index (χ4n) is 2.25. The Morgan fingerprint density at radius 3 is 2.28 bits per heavy atom. The fraction of sp³-hybridized carbons (Fsp3) is 0.143. The molecular weight excluding hydrogens is 228 g/mol. The molecule has 0 saturated heterocycles. The quantitative estimate of drug-likeness (QED) is 0.646. The molecule has 4 heteroatoms. The fourth-order valence-corrected chi connectivity index (χ4v) is 2.25. The number of rotatable bonds is 1. The molecule has 90 valence electrons. The number of aryl methyl sites for hydroxylation is 1. The van der Waals surface area contributed by atoms with E-state index in [0.717, 1.165) is 17.0 Å². The summed E-state index contributed by atoms with van der Waals surface area (Å²) in [5, 5.41) is 0. The van der Waals surface area contributed by atoms with Gasteiger partial charge < -0.3 is 0 Å². The van der Waals surface area contributed by atoms with Crippen molar-refractivity contribution in [2.24, 2.45) is 0 Å². The number of hydrogen-bond acceptors (Lipinski definition) is 2. The molecular formula is C14H12N2O2. The number of nitrogens with zero attached hydrogens (tertiary/aromatic N) is 2. The lowest BCUT2D eigenvalue weighted by Gasteiger charge is -2.01. The summed E-state index contributed by atoms with van der Waals surface area (Å²) in [5.74, 6) is 0. The highest BCUT2D eigenvalue weighted by molar-refractivity contribution is 5.59. The Kier molecular flexibility index (Phi) is 2.13. The Hall–Kier alpha value is -2.36. The number of benzene rings is 1. The summed E-state index contributed by atoms with van der Waals surface area (Å²) in [4.78, 5) is 23.9. The lowest BCUT2D eigenvalue weighted by molar-refractivity contribution is 0.791. The molecule has 0 radical (unpaired) electrons. The highest BCUT2D eigenvalue weighted by Gasteiger charge is 2.16. The van der Waals surface area contributed by atoms with Crippen LogP contribution in [-0.2, 0) is 0 Å². The van der Waals surface area contributed by atoms with Crippen LogP contribution in [0.15, 0.2) is 46.0 Å². The highest BCUT2D eigenvalue weighted by Crippen LogP contribution is 2.18. The van der Waals surface area contributed by atoms with Crippen LogP contribution >= 0.6 is 0 Å². The smallest absolute Gasteiger partial charge is 0.267 e. The van der Waals surface area contributed by atoms with E-state index in [2.05, 4.69) is 0 Å². The van der Waals surface area contributed by atoms with Crippen molar-refractivity contribution in [3.8, 4) is 11.3 Å². The molecule has 0 saturated carbocycles. The van der Waals surface area contributed by atoms with Crippen LogP contribution in [0.2, 0.25) is 0 Å². The molecule has 0 aliphatic carbocycles. The molecule has 0 unspecified atom stereocenters. The number of fused-ring (bicyclic) bond motifs is 1. The van der Waals surface area contributed by atoms with Gasteiger partial charge in [-0.2, -0.15) is 4.52 Å². The van der Waals surface area contributed by atoms with E-state index < -0.39 is 0 Å². The highest BCUT2D eigenvalue weighted by atomic mass is 16.2. The second kappa shape index (κ2) is 3.57. The van der Waals surface area contributed by atoms with Gasteiger partial charge in [0.05, 0.1) is 5.69 Å². The van der Waals surface area contributed by atoms with Crippen molar-refractivity contribution >= 4 is 0 Å². The molecule has 0 N–H and O–H groups in total. The van der Waals surface area contributed by atoms with Crippen molar-refractivity contribution in [2.45, 2.75) is 13.8 Å². The third kappa shape index (κ3) is 1.26. The Morgan fingerprint density at radius 2 is 1.61 bits per heavy atom. The van der Waals surface area contributed by atoms with Gasteiger partial charge in [-0.25, -0.2) is 4.52 Å². The van der Waals surface area contributed by atoms with Gasteiger partial charge in [-0.3, -0.25) is 9.59 Å². The first-order valence-electron chi connectivity index (χ1n) is 5.74. The van der Waals surface area contributed by atoms with Crippen molar-refractivity contribution in [2.75, 3.05) is 0 Å². The molecule has 0 bridgehead atoms. The Bertz CT molecular complexity index is 828. The summed E-state index contributed by atoms with van der Waals surface area (Å²) in [5.41, 5.74) is 2.58. The molecule has 2 aromatic heterocycles. The monoisotopic (exact) mass is 240 g/mol. The van der Waals surface area contributed by atoms with Crippen molar-refractivity contribution in [3.63, 3.8) is 0 Å². The third-order valence-electron chi connectivity index (χ3n) is 3.34. The predicted molar refractivity (Wildman–Crippen MR) is 69.5 cm³/mol. The van der Waals surface area contributed by atoms with Crippen LogP contribution in [0.5, 0.6) is 0 Å². The number of hydrogen-bond donors (Lipinski definition) is 0. The van der Waals surface area contributed by atoms with Crippen LogP contribution in [0.1, 0.15) is 11.3 Å². The average Bonchev–Trinajstić information content (AvgIpc) is 2.84. The van der Waals surface area contributed by atoms with Gasteiger partial charge in [0.15, 0.2) is 0 Å². The van der Waals surface area contributed by atoms with Gasteiger partial charge in [0, 0.05) is 22.9 Å². The number of aromatic nitrogens is 2. The topological polar surface area (TPSA) is 43.0 Å². The SMILES string of the molecule is Cc1c(C)n2c(-c3ccccc3)cc(=O)n2c1=O. The maximum atomic E-state index is 12.0. The lowest BCUT2D eigenvalue weighted by atomic mass is 10.1. The van der Waals surface area contributed by atoms with Crippen LogP contribution in [0.4, 0.5) is 0 Å². The van der Waals surface area contributed by atoms with Gasteiger partial charge in [-0.15, -0.1) is 0 Å². The summed E-state index contributed by atoms with van der Waals surface area (Å²) in [6.45, 7) is 3.59. The largest absolute Gasteiger partial charge is 0.277 e. The zero-order valence-electron chi connectivity index (χ0n) is 10.2. The lowest BCUT2D eigenvalue weighted by Crippen LogP contribution is -2.21. The van der Waals surface area contributed by atoms with E-state index in [1.165, 1.54) is 10.6 Å². The van der Waals surface area contributed by atoms with E-state index >= 15 is 0 Å². The van der Waals surface area contributed by atoms with E-state index in [0.29, 0.717) is 5.56 Å². The first-order valence-corrected chi connectivity index (χ1v) is 5.74. The molecule has 3 rings (SSSR count). The van der Waals surface area contributed by atoms with Crippen LogP contribution in [0.3, 0.4) is 0 Å². The van der Waals surface area contributed by atoms with Gasteiger partial charge in [-0.05, 0) is 13.8 Å². The maximum absolute atomic E-state index is 12.0. The standard InChI is InChI=1S/C14H12N2O2/c1-9-10(2)15-12(11-6-4-3-5-7-11)8-13(17)16(15)14(9)18/h3-8H,1-2H3. The zero-order valence-corrected chi connectivity index (χ0v) is 10.2. The van der Waals surface area contributed by atoms with Gasteiger partial charge in [0.25, 0.3) is 11.1 Å². The Labute approximate surface area is 103 Å². The molecule has 18 heavy (non-hydrogen) atoms. The molecule has 0 fully saturated rings. The first kappa shape index (κ1) is 10.8. The summed E-state index contributed by atoms with van der Waals surface area (Å²) in [6, 6.07) is 11.1. The average molecular weight is 240 g/mol. The molecule has 4 nitrogen and oxygen atoms in total. The Morgan fingerprint density at radius 1 is 0.944 bits per heavy atom. The van der Waals surface area contributed by atoms with Crippen molar-refractivity contribution in [3.05, 3.63) is 68.4 Å². The van der Waals surface area contributed by atoms with Crippen molar-refractivity contribution < 1.29 is 0 Å². The van der Waals surface area contributed by atoms with Crippen molar-refractivity contribution in [1.82, 2.24) is 9.03 Å². The molecule has 0 aliphatic rings. The summed E-state index contributed by atoms with van der Waals surface area (Å²) < 4.78 is 2.88. The minimum absolute atomic E-state index is 0.236. The van der Waals surface area contributed by atoms with E-state index in [9.17, 15) is 9.59 Å². The zero-order chi connectivity index (χ0) is 12.9. The third-order valence-corrected chi connectivity index (χ3v) is 3.34. The minimum atomic E-state index is -0.282. The van der Waals surface area contributed by atoms with Crippen LogP contribution in [0.25, 0.3) is 11.3 Å². The molecule has 3 aromatic rings. The van der Waals surface area contributed by atoms with Gasteiger partial charge in [0.1, 0.15) is 0 Å². The molecule has 2 heterocycles. The summed E-state index contributed by atoms with van der Waals surface area (Å²) in [6.07, 6.45) is 0. The normalized spacial score (nSPS) is 11.2. The van der Waals surface area contributed by atoms with E-state index in [1.807, 2.05) is 37.3 Å². The summed E-state index contributed by atoms with van der Waals surface area (Å²) >= 11 is 0. The molecule has 0 amide bonds. The molecule has 1 aromatic carbocycles. The van der Waals surface area contributed by atoms with Gasteiger partial charge >= 0.3 is 0 Å². The molecule has 0 atom stereocenters. The van der Waals surface area contributed by atoms with Gasteiger partial charge in [-0.1, -0.05) is 30.3 Å². The predicted octanol–water partition coefficient (Wildman–Crippen LogP) is 1.48.